The number of piperazine rings is 1. The lowest BCUT2D eigenvalue weighted by molar-refractivity contribution is -0.0389. The molecule has 4 atom stereocenters. The van der Waals surface area contributed by atoms with E-state index in [0.29, 0.717) is 24.1 Å². The van der Waals surface area contributed by atoms with Gasteiger partial charge >= 0.3 is 0 Å². The van der Waals surface area contributed by atoms with Crippen molar-refractivity contribution in [3.8, 4) is 0 Å². The Morgan fingerprint density at radius 2 is 2.00 bits per heavy atom. The van der Waals surface area contributed by atoms with Crippen LogP contribution in [0, 0.1) is 11.8 Å². The fraction of sp³-hybridized carbons (Fsp3) is 1.00. The Kier molecular flexibility index (Phi) is 5.14. The van der Waals surface area contributed by atoms with Gasteiger partial charge in [-0.15, -0.1) is 0 Å². The van der Waals surface area contributed by atoms with Crippen molar-refractivity contribution in [1.82, 2.24) is 10.2 Å². The smallest absolute Gasteiger partial charge is 0.0728 e. The maximum Gasteiger partial charge on any atom is 0.0728 e. The van der Waals surface area contributed by atoms with E-state index in [1.165, 1.54) is 19.4 Å². The second-order valence-corrected chi connectivity index (χ2v) is 7.82. The van der Waals surface area contributed by atoms with Gasteiger partial charge < -0.3 is 10.1 Å². The van der Waals surface area contributed by atoms with Crippen molar-refractivity contribution in [2.75, 3.05) is 19.7 Å². The molecule has 2 saturated heterocycles. The van der Waals surface area contributed by atoms with Gasteiger partial charge in [-0.05, 0) is 38.5 Å². The SMILES string of the molecule is CC(C)CC1CN(C2(C)CCOC2C)C(C(C)C)CN1. The molecule has 2 aliphatic heterocycles. The zero-order chi connectivity index (χ0) is 14.9. The molecular formula is C17H34N2O. The Labute approximate surface area is 125 Å². The summed E-state index contributed by atoms with van der Waals surface area (Å²) in [6.07, 6.45) is 2.79. The third kappa shape index (κ3) is 3.20. The summed E-state index contributed by atoms with van der Waals surface area (Å²) in [5.74, 6) is 1.45. The van der Waals surface area contributed by atoms with Crippen LogP contribution in [-0.2, 0) is 4.74 Å². The molecule has 0 amide bonds. The second-order valence-electron chi connectivity index (χ2n) is 7.82. The van der Waals surface area contributed by atoms with Gasteiger partial charge in [0.25, 0.3) is 0 Å². The average Bonchev–Trinajstić information content (AvgIpc) is 2.69. The van der Waals surface area contributed by atoms with E-state index in [2.05, 4.69) is 51.8 Å². The van der Waals surface area contributed by atoms with E-state index in [1.807, 2.05) is 0 Å². The molecule has 0 aliphatic carbocycles. The maximum absolute atomic E-state index is 5.90. The highest BCUT2D eigenvalue weighted by Gasteiger charge is 2.47. The van der Waals surface area contributed by atoms with Crippen LogP contribution in [0.25, 0.3) is 0 Å². The number of ether oxygens (including phenoxy) is 1. The summed E-state index contributed by atoms with van der Waals surface area (Å²) < 4.78 is 5.90. The summed E-state index contributed by atoms with van der Waals surface area (Å²) in [6, 6.07) is 1.27. The highest BCUT2D eigenvalue weighted by Crippen LogP contribution is 2.36. The lowest BCUT2D eigenvalue weighted by Gasteiger charge is -2.51. The molecule has 0 radical (unpaired) electrons. The molecule has 0 aromatic rings. The standard InChI is InChI=1S/C17H34N2O/c1-12(2)9-15-11-19(16(10-18-15)13(3)4)17(6)7-8-20-14(17)5/h12-16,18H,7-11H2,1-6H3. The van der Waals surface area contributed by atoms with Crippen LogP contribution in [0.2, 0.25) is 0 Å². The first-order chi connectivity index (χ1) is 9.34. The van der Waals surface area contributed by atoms with Crippen molar-refractivity contribution >= 4 is 0 Å². The summed E-state index contributed by atoms with van der Waals surface area (Å²) in [5.41, 5.74) is 0.215. The molecule has 2 fully saturated rings. The normalized spacial score (nSPS) is 39.9. The average molecular weight is 282 g/mol. The van der Waals surface area contributed by atoms with E-state index in [9.17, 15) is 0 Å². The van der Waals surface area contributed by atoms with Crippen molar-refractivity contribution in [2.24, 2.45) is 11.8 Å². The van der Waals surface area contributed by atoms with Crippen molar-refractivity contribution in [3.05, 3.63) is 0 Å². The fourth-order valence-corrected chi connectivity index (χ4v) is 3.95. The quantitative estimate of drug-likeness (QED) is 0.858. The minimum absolute atomic E-state index is 0.215. The Bertz CT molecular complexity index is 318. The first-order valence-electron chi connectivity index (χ1n) is 8.46. The fourth-order valence-electron chi connectivity index (χ4n) is 3.95. The van der Waals surface area contributed by atoms with Gasteiger partial charge in [-0.1, -0.05) is 27.7 Å². The summed E-state index contributed by atoms with van der Waals surface area (Å²) in [5, 5.41) is 3.78. The predicted octanol–water partition coefficient (Wildman–Crippen LogP) is 2.90. The van der Waals surface area contributed by atoms with E-state index >= 15 is 0 Å². The van der Waals surface area contributed by atoms with E-state index in [-0.39, 0.29) is 5.54 Å². The molecule has 2 rings (SSSR count). The number of nitrogens with one attached hydrogen (secondary N) is 1. The highest BCUT2D eigenvalue weighted by molar-refractivity contribution is 5.02. The summed E-state index contributed by atoms with van der Waals surface area (Å²) in [6.45, 7) is 17.2. The third-order valence-electron chi connectivity index (χ3n) is 5.47. The first-order valence-corrected chi connectivity index (χ1v) is 8.46. The minimum atomic E-state index is 0.215. The Morgan fingerprint density at radius 3 is 2.50 bits per heavy atom. The van der Waals surface area contributed by atoms with Crippen molar-refractivity contribution in [3.63, 3.8) is 0 Å². The molecule has 2 aliphatic rings. The summed E-state index contributed by atoms with van der Waals surface area (Å²) in [4.78, 5) is 2.78. The lowest BCUT2D eigenvalue weighted by atomic mass is 9.85. The van der Waals surface area contributed by atoms with Crippen LogP contribution in [0.1, 0.15) is 54.4 Å². The first kappa shape index (κ1) is 16.3. The number of hydrogen-bond donors (Lipinski definition) is 1. The van der Waals surface area contributed by atoms with E-state index < -0.39 is 0 Å². The molecule has 0 saturated carbocycles. The minimum Gasteiger partial charge on any atom is -0.377 e. The van der Waals surface area contributed by atoms with Gasteiger partial charge in [0.05, 0.1) is 6.10 Å². The van der Waals surface area contributed by atoms with Crippen LogP contribution in [0.15, 0.2) is 0 Å². The molecule has 118 valence electrons. The van der Waals surface area contributed by atoms with Crippen molar-refractivity contribution in [1.29, 1.82) is 0 Å². The van der Waals surface area contributed by atoms with E-state index in [0.717, 1.165) is 19.1 Å². The second kappa shape index (κ2) is 6.33. The Morgan fingerprint density at radius 1 is 1.30 bits per heavy atom. The van der Waals surface area contributed by atoms with Gasteiger partial charge in [-0.3, -0.25) is 4.90 Å². The van der Waals surface area contributed by atoms with Crippen molar-refractivity contribution < 1.29 is 4.74 Å². The van der Waals surface area contributed by atoms with Crippen LogP contribution < -0.4 is 5.32 Å². The number of nitrogens with zero attached hydrogens (tertiary/aromatic N) is 1. The topological polar surface area (TPSA) is 24.5 Å². The van der Waals surface area contributed by atoms with Crippen LogP contribution in [-0.4, -0.2) is 48.3 Å². The van der Waals surface area contributed by atoms with Gasteiger partial charge in [-0.2, -0.15) is 0 Å². The van der Waals surface area contributed by atoms with Crippen LogP contribution in [0.5, 0.6) is 0 Å². The van der Waals surface area contributed by atoms with Gasteiger partial charge in [0.1, 0.15) is 0 Å². The largest absolute Gasteiger partial charge is 0.377 e. The monoisotopic (exact) mass is 282 g/mol. The maximum atomic E-state index is 5.90. The molecule has 20 heavy (non-hydrogen) atoms. The molecule has 0 aromatic heterocycles. The summed E-state index contributed by atoms with van der Waals surface area (Å²) >= 11 is 0. The van der Waals surface area contributed by atoms with E-state index in [1.54, 1.807) is 0 Å². The number of hydrogen-bond acceptors (Lipinski definition) is 3. The zero-order valence-corrected chi connectivity index (χ0v) is 14.3. The lowest BCUT2D eigenvalue weighted by Crippen LogP contribution is -2.66. The highest BCUT2D eigenvalue weighted by atomic mass is 16.5. The van der Waals surface area contributed by atoms with Gasteiger partial charge in [0.2, 0.25) is 0 Å². The number of rotatable bonds is 4. The predicted molar refractivity (Wildman–Crippen MR) is 85.0 cm³/mol. The molecule has 0 spiro atoms. The third-order valence-corrected chi connectivity index (χ3v) is 5.47. The molecule has 1 N–H and O–H groups in total. The van der Waals surface area contributed by atoms with Crippen LogP contribution >= 0.6 is 0 Å². The van der Waals surface area contributed by atoms with Gasteiger partial charge in [0, 0.05) is 37.3 Å². The van der Waals surface area contributed by atoms with Gasteiger partial charge in [0.15, 0.2) is 0 Å². The molecule has 3 heteroatoms. The molecule has 3 nitrogen and oxygen atoms in total. The van der Waals surface area contributed by atoms with Crippen LogP contribution in [0.3, 0.4) is 0 Å². The van der Waals surface area contributed by atoms with Crippen molar-refractivity contribution in [2.45, 2.75) is 78.1 Å². The molecule has 4 unspecified atom stereocenters. The molecule has 2 heterocycles. The van der Waals surface area contributed by atoms with Gasteiger partial charge in [-0.25, -0.2) is 0 Å². The molecule has 0 aromatic carbocycles. The van der Waals surface area contributed by atoms with Crippen LogP contribution in [0.4, 0.5) is 0 Å². The molecular weight excluding hydrogens is 248 g/mol. The molecule has 0 bridgehead atoms. The summed E-state index contributed by atoms with van der Waals surface area (Å²) in [7, 11) is 0. The van der Waals surface area contributed by atoms with E-state index in [4.69, 9.17) is 4.74 Å². The Balaban J connectivity index is 2.14. The Hall–Kier alpha value is -0.120. The zero-order valence-electron chi connectivity index (χ0n) is 14.3.